The smallest absolute Gasteiger partial charge is 0.321 e. The van der Waals surface area contributed by atoms with Crippen LogP contribution in [0.15, 0.2) is 42.5 Å². The van der Waals surface area contributed by atoms with Gasteiger partial charge in [0.05, 0.1) is 0 Å². The van der Waals surface area contributed by atoms with Gasteiger partial charge < -0.3 is 10.2 Å². The molecular formula is C26H33N3O. The third-order valence-electron chi connectivity index (χ3n) is 7.17. The number of nitrogens with one attached hydrogen (secondary N) is 1. The van der Waals surface area contributed by atoms with E-state index in [0.29, 0.717) is 5.92 Å². The molecular weight excluding hydrogens is 370 g/mol. The van der Waals surface area contributed by atoms with Crippen LogP contribution >= 0.6 is 0 Å². The largest absolute Gasteiger partial charge is 0.324 e. The van der Waals surface area contributed by atoms with E-state index in [1.165, 1.54) is 41.5 Å². The van der Waals surface area contributed by atoms with Crippen molar-refractivity contribution < 1.29 is 4.79 Å². The van der Waals surface area contributed by atoms with Gasteiger partial charge in [-0.3, -0.25) is 4.90 Å². The summed E-state index contributed by atoms with van der Waals surface area (Å²) in [5, 5.41) is 3.25. The highest BCUT2D eigenvalue weighted by molar-refractivity contribution is 5.90. The fourth-order valence-electron chi connectivity index (χ4n) is 5.57. The number of fused-ring (bicyclic) bond motifs is 2. The molecule has 0 unspecified atom stereocenters. The van der Waals surface area contributed by atoms with Crippen LogP contribution in [0.2, 0.25) is 0 Å². The Morgan fingerprint density at radius 1 is 0.900 bits per heavy atom. The van der Waals surface area contributed by atoms with Crippen molar-refractivity contribution in [2.75, 3.05) is 31.5 Å². The van der Waals surface area contributed by atoms with E-state index in [1.54, 1.807) is 0 Å². The molecule has 1 N–H and O–H groups in total. The molecule has 4 nitrogen and oxygen atoms in total. The van der Waals surface area contributed by atoms with Crippen LogP contribution in [0.25, 0.3) is 0 Å². The van der Waals surface area contributed by atoms with Gasteiger partial charge in [0.1, 0.15) is 0 Å². The molecule has 2 aliphatic heterocycles. The number of anilines is 1. The first-order valence-electron chi connectivity index (χ1n) is 11.7. The number of amides is 2. The Kier molecular flexibility index (Phi) is 5.76. The lowest BCUT2D eigenvalue weighted by Gasteiger charge is -2.37. The van der Waals surface area contributed by atoms with E-state index in [1.807, 2.05) is 4.90 Å². The second-order valence-corrected chi connectivity index (χ2v) is 9.29. The average Bonchev–Trinajstić information content (AvgIpc) is 2.79. The normalized spacial score (nSPS) is 21.6. The van der Waals surface area contributed by atoms with Crippen LogP contribution in [0, 0.1) is 5.92 Å². The summed E-state index contributed by atoms with van der Waals surface area (Å²) in [4.78, 5) is 17.7. The van der Waals surface area contributed by atoms with Gasteiger partial charge in [-0.2, -0.15) is 0 Å². The summed E-state index contributed by atoms with van der Waals surface area (Å²) in [5.41, 5.74) is 6.79. The van der Waals surface area contributed by atoms with Crippen LogP contribution in [0.1, 0.15) is 47.9 Å². The van der Waals surface area contributed by atoms with Crippen LogP contribution in [-0.2, 0) is 25.8 Å². The molecule has 2 amide bonds. The van der Waals surface area contributed by atoms with Gasteiger partial charge in [0.25, 0.3) is 0 Å². The van der Waals surface area contributed by atoms with E-state index < -0.39 is 0 Å². The molecule has 1 saturated heterocycles. The Morgan fingerprint density at radius 2 is 1.73 bits per heavy atom. The maximum atomic E-state index is 13.1. The molecule has 1 fully saturated rings. The molecule has 158 valence electrons. The van der Waals surface area contributed by atoms with Gasteiger partial charge in [-0.05, 0) is 79.2 Å². The van der Waals surface area contributed by atoms with Crippen molar-refractivity contribution in [3.05, 3.63) is 64.7 Å². The average molecular weight is 404 g/mol. The number of carbonyl (C=O) groups excluding carboxylic acids is 1. The molecule has 0 saturated carbocycles. The fraction of sp³-hybridized carbons (Fsp3) is 0.500. The summed E-state index contributed by atoms with van der Waals surface area (Å²) >= 11 is 0. The molecule has 4 heteroatoms. The molecule has 1 atom stereocenters. The van der Waals surface area contributed by atoms with Gasteiger partial charge in [0, 0.05) is 38.4 Å². The third kappa shape index (κ3) is 4.24. The third-order valence-corrected chi connectivity index (χ3v) is 7.17. The lowest BCUT2D eigenvalue weighted by Crippen LogP contribution is -2.46. The molecule has 1 aliphatic carbocycles. The number of nitrogens with zero attached hydrogens (tertiary/aromatic N) is 2. The highest BCUT2D eigenvalue weighted by atomic mass is 16.2. The first kappa shape index (κ1) is 19.6. The topological polar surface area (TPSA) is 35.6 Å². The van der Waals surface area contributed by atoms with Gasteiger partial charge in [-0.25, -0.2) is 4.79 Å². The summed E-state index contributed by atoms with van der Waals surface area (Å²) < 4.78 is 0. The number of hydrogen-bond donors (Lipinski definition) is 1. The van der Waals surface area contributed by atoms with E-state index >= 15 is 0 Å². The first-order valence-corrected chi connectivity index (χ1v) is 11.7. The monoisotopic (exact) mass is 403 g/mol. The quantitative estimate of drug-likeness (QED) is 0.794. The molecule has 0 aromatic heterocycles. The predicted octanol–water partition coefficient (Wildman–Crippen LogP) is 4.87. The molecule has 0 radical (unpaired) electrons. The standard InChI is InChI=1S/C26H33N3O/c30-26(27-25-13-5-11-22-9-3-4-12-24(22)25)29-15-6-7-20(18-29)17-28-16-14-21-8-1-2-10-23(21)19-28/h1-2,5,8,10-11,13,20H,3-4,6-7,9,12,14-19H2,(H,27,30)/t20-/m1/s1. The summed E-state index contributed by atoms with van der Waals surface area (Å²) in [5.74, 6) is 0.569. The van der Waals surface area contributed by atoms with Crippen LogP contribution < -0.4 is 5.32 Å². The molecule has 2 heterocycles. The van der Waals surface area contributed by atoms with Gasteiger partial charge in [-0.15, -0.1) is 0 Å². The number of carbonyl (C=O) groups is 1. The van der Waals surface area contributed by atoms with Crippen molar-refractivity contribution in [2.45, 2.75) is 51.5 Å². The molecule has 5 rings (SSSR count). The molecule has 30 heavy (non-hydrogen) atoms. The van der Waals surface area contributed by atoms with Crippen LogP contribution in [-0.4, -0.2) is 42.0 Å². The number of benzene rings is 2. The zero-order chi connectivity index (χ0) is 20.3. The molecule has 2 aromatic rings. The minimum Gasteiger partial charge on any atom is -0.324 e. The van der Waals surface area contributed by atoms with Crippen LogP contribution in [0.4, 0.5) is 10.5 Å². The number of urea groups is 1. The van der Waals surface area contributed by atoms with Crippen molar-refractivity contribution in [1.82, 2.24) is 9.80 Å². The lowest BCUT2D eigenvalue weighted by molar-refractivity contribution is 0.140. The maximum Gasteiger partial charge on any atom is 0.321 e. The SMILES string of the molecule is O=C(Nc1cccc2c1CCCC2)N1CCC[C@H](CN2CCc3ccccc3C2)C1. The molecule has 3 aliphatic rings. The maximum absolute atomic E-state index is 13.1. The summed E-state index contributed by atoms with van der Waals surface area (Å²) in [6, 6.07) is 15.3. The van der Waals surface area contributed by atoms with E-state index in [4.69, 9.17) is 0 Å². The Morgan fingerprint density at radius 3 is 2.67 bits per heavy atom. The van der Waals surface area contributed by atoms with Crippen LogP contribution in [0.3, 0.4) is 0 Å². The summed E-state index contributed by atoms with van der Waals surface area (Å²) in [6.45, 7) is 5.03. The van der Waals surface area contributed by atoms with Gasteiger partial charge >= 0.3 is 6.03 Å². The second kappa shape index (κ2) is 8.81. The number of hydrogen-bond acceptors (Lipinski definition) is 2. The van der Waals surface area contributed by atoms with Gasteiger partial charge in [0.2, 0.25) is 0 Å². The Balaban J connectivity index is 1.19. The highest BCUT2D eigenvalue weighted by Gasteiger charge is 2.27. The van der Waals surface area contributed by atoms with E-state index in [-0.39, 0.29) is 6.03 Å². The van der Waals surface area contributed by atoms with Gasteiger partial charge in [-0.1, -0.05) is 36.4 Å². The predicted molar refractivity (Wildman–Crippen MR) is 122 cm³/mol. The van der Waals surface area contributed by atoms with Crippen molar-refractivity contribution in [3.63, 3.8) is 0 Å². The highest BCUT2D eigenvalue weighted by Crippen LogP contribution is 2.29. The molecule has 2 aromatic carbocycles. The zero-order valence-corrected chi connectivity index (χ0v) is 17.9. The number of rotatable bonds is 3. The summed E-state index contributed by atoms with van der Waals surface area (Å²) in [7, 11) is 0. The molecule has 0 bridgehead atoms. The fourth-order valence-corrected chi connectivity index (χ4v) is 5.57. The van der Waals surface area contributed by atoms with Crippen molar-refractivity contribution in [1.29, 1.82) is 0 Å². The minimum absolute atomic E-state index is 0.0858. The number of aryl methyl sites for hydroxylation is 1. The van der Waals surface area contributed by atoms with E-state index in [0.717, 1.165) is 64.1 Å². The Bertz CT molecular complexity index is 909. The van der Waals surface area contributed by atoms with E-state index in [9.17, 15) is 4.79 Å². The number of likely N-dealkylation sites (tertiary alicyclic amines) is 1. The summed E-state index contributed by atoms with van der Waals surface area (Å²) in [6.07, 6.45) is 8.20. The van der Waals surface area contributed by atoms with Crippen LogP contribution in [0.5, 0.6) is 0 Å². The van der Waals surface area contributed by atoms with Crippen molar-refractivity contribution in [2.24, 2.45) is 5.92 Å². The van der Waals surface area contributed by atoms with Crippen molar-refractivity contribution >= 4 is 11.7 Å². The zero-order valence-electron chi connectivity index (χ0n) is 17.9. The Hall–Kier alpha value is -2.33. The first-order chi connectivity index (χ1) is 14.8. The van der Waals surface area contributed by atoms with Gasteiger partial charge in [0.15, 0.2) is 0 Å². The Labute approximate surface area is 180 Å². The second-order valence-electron chi connectivity index (χ2n) is 9.29. The lowest BCUT2D eigenvalue weighted by atomic mass is 9.90. The minimum atomic E-state index is 0.0858. The number of piperidine rings is 1. The molecule has 0 spiro atoms. The van der Waals surface area contributed by atoms with Crippen molar-refractivity contribution in [3.8, 4) is 0 Å². The van der Waals surface area contributed by atoms with E-state index in [2.05, 4.69) is 52.7 Å².